The van der Waals surface area contributed by atoms with Gasteiger partial charge in [-0.1, -0.05) is 11.8 Å². The van der Waals surface area contributed by atoms with E-state index in [4.69, 9.17) is 14.2 Å². The van der Waals surface area contributed by atoms with Crippen molar-refractivity contribution in [1.82, 2.24) is 0 Å². The van der Waals surface area contributed by atoms with Crippen LogP contribution < -0.4 is 10.1 Å². The van der Waals surface area contributed by atoms with Crippen LogP contribution in [-0.4, -0.2) is 44.6 Å². The van der Waals surface area contributed by atoms with Crippen LogP contribution in [0.5, 0.6) is 5.75 Å². The van der Waals surface area contributed by atoms with E-state index in [0.717, 1.165) is 12.1 Å². The topological polar surface area (TPSA) is 73.9 Å². The maximum absolute atomic E-state index is 13.0. The third kappa shape index (κ3) is 8.00. The minimum atomic E-state index is -4.65. The summed E-state index contributed by atoms with van der Waals surface area (Å²) >= 11 is 0.300. The summed E-state index contributed by atoms with van der Waals surface area (Å²) in [6.45, 7) is -0.597. The third-order valence-corrected chi connectivity index (χ3v) is 4.50. The van der Waals surface area contributed by atoms with Gasteiger partial charge in [0.15, 0.2) is 6.61 Å². The lowest BCUT2D eigenvalue weighted by atomic mass is 10.1. The number of hydrogen-bond acceptors (Lipinski definition) is 6. The van der Waals surface area contributed by atoms with Crippen LogP contribution >= 0.6 is 11.8 Å². The van der Waals surface area contributed by atoms with Gasteiger partial charge in [-0.2, -0.15) is 22.0 Å². The van der Waals surface area contributed by atoms with Gasteiger partial charge in [-0.05, 0) is 42.5 Å². The molecule has 0 saturated carbocycles. The second-order valence-corrected chi connectivity index (χ2v) is 7.14. The Morgan fingerprint density at radius 1 is 1.06 bits per heavy atom. The molecule has 2 aromatic carbocycles. The molecule has 0 aliphatic carbocycles. The molecule has 0 aromatic heterocycles. The summed E-state index contributed by atoms with van der Waals surface area (Å²) in [4.78, 5) is 24.4. The van der Waals surface area contributed by atoms with Crippen LogP contribution in [0.25, 0.3) is 0 Å². The lowest BCUT2D eigenvalue weighted by Crippen LogP contribution is -2.22. The van der Waals surface area contributed by atoms with Gasteiger partial charge in [0.05, 0.1) is 23.4 Å². The molecule has 0 fully saturated rings. The van der Waals surface area contributed by atoms with E-state index in [1.807, 2.05) is 0 Å². The minimum absolute atomic E-state index is 0.0130. The van der Waals surface area contributed by atoms with Crippen LogP contribution in [0.1, 0.15) is 15.9 Å². The number of nitrogens with one attached hydrogen (secondary N) is 1. The number of amides is 1. The molecule has 0 bridgehead atoms. The standard InChI is InChI=1S/C20H18F5NO5S/c1-29-8-9-30-16-7-4-13(20(23,24)25)10-15(16)26-17(27)11-31-18(28)12-2-5-14(6-3-12)32-19(21)22/h2-7,10,19H,8-9,11H2,1H3,(H,26,27). The Labute approximate surface area is 184 Å². The van der Waals surface area contributed by atoms with E-state index in [9.17, 15) is 31.5 Å². The molecular weight excluding hydrogens is 461 g/mol. The van der Waals surface area contributed by atoms with E-state index in [0.29, 0.717) is 17.8 Å². The molecule has 0 saturated heterocycles. The Hall–Kier alpha value is -2.86. The van der Waals surface area contributed by atoms with E-state index in [2.05, 4.69) is 5.32 Å². The number of alkyl halides is 5. The van der Waals surface area contributed by atoms with Crippen LogP contribution in [0.3, 0.4) is 0 Å². The van der Waals surface area contributed by atoms with Crippen molar-refractivity contribution < 1.29 is 45.8 Å². The first-order chi connectivity index (χ1) is 15.1. The van der Waals surface area contributed by atoms with Gasteiger partial charge >= 0.3 is 12.1 Å². The van der Waals surface area contributed by atoms with E-state index in [1.54, 1.807) is 0 Å². The van der Waals surface area contributed by atoms with Crippen LogP contribution in [0.2, 0.25) is 0 Å². The number of ether oxygens (including phenoxy) is 3. The van der Waals surface area contributed by atoms with Gasteiger partial charge in [-0.3, -0.25) is 4.79 Å². The van der Waals surface area contributed by atoms with Gasteiger partial charge in [-0.15, -0.1) is 0 Å². The zero-order chi connectivity index (χ0) is 23.7. The van der Waals surface area contributed by atoms with Gasteiger partial charge in [0.1, 0.15) is 12.4 Å². The zero-order valence-electron chi connectivity index (χ0n) is 16.6. The number of carbonyl (C=O) groups excluding carboxylic acids is 2. The van der Waals surface area contributed by atoms with E-state index in [-0.39, 0.29) is 35.1 Å². The number of carbonyl (C=O) groups is 2. The highest BCUT2D eigenvalue weighted by Crippen LogP contribution is 2.35. The summed E-state index contributed by atoms with van der Waals surface area (Å²) in [6.07, 6.45) is -4.65. The molecular formula is C20H18F5NO5S. The summed E-state index contributed by atoms with van der Waals surface area (Å²) < 4.78 is 78.6. The number of halogens is 5. The average molecular weight is 479 g/mol. The molecule has 0 spiro atoms. The van der Waals surface area contributed by atoms with Crippen molar-refractivity contribution in [2.24, 2.45) is 0 Å². The summed E-state index contributed by atoms with van der Waals surface area (Å²) in [5.41, 5.74) is -1.25. The van der Waals surface area contributed by atoms with Crippen LogP contribution in [0.4, 0.5) is 27.6 Å². The SMILES string of the molecule is COCCOc1ccc(C(F)(F)F)cc1NC(=O)COC(=O)c1ccc(SC(F)F)cc1. The molecule has 12 heteroatoms. The molecule has 0 aliphatic rings. The number of anilines is 1. The van der Waals surface area contributed by atoms with E-state index >= 15 is 0 Å². The largest absolute Gasteiger partial charge is 0.489 e. The number of hydrogen-bond donors (Lipinski definition) is 1. The fourth-order valence-corrected chi connectivity index (χ4v) is 2.84. The molecule has 1 amide bonds. The van der Waals surface area contributed by atoms with Crippen molar-refractivity contribution in [2.75, 3.05) is 32.2 Å². The highest BCUT2D eigenvalue weighted by atomic mass is 32.2. The van der Waals surface area contributed by atoms with Crippen LogP contribution in [0.15, 0.2) is 47.4 Å². The summed E-state index contributed by atoms with van der Waals surface area (Å²) in [6, 6.07) is 7.63. The number of esters is 1. The normalized spacial score (nSPS) is 11.3. The zero-order valence-corrected chi connectivity index (χ0v) is 17.4. The molecule has 0 unspecified atom stereocenters. The molecule has 32 heavy (non-hydrogen) atoms. The number of benzene rings is 2. The predicted molar refractivity (Wildman–Crippen MR) is 106 cm³/mol. The molecule has 2 rings (SSSR count). The van der Waals surface area contributed by atoms with Gasteiger partial charge in [0, 0.05) is 12.0 Å². The number of thioether (sulfide) groups is 1. The Kier molecular flexibility index (Phi) is 9.27. The Bertz CT molecular complexity index is 922. The van der Waals surface area contributed by atoms with Crippen molar-refractivity contribution >= 4 is 29.3 Å². The highest BCUT2D eigenvalue weighted by molar-refractivity contribution is 7.99. The first-order valence-electron chi connectivity index (χ1n) is 8.95. The maximum atomic E-state index is 13.0. The minimum Gasteiger partial charge on any atom is -0.489 e. The number of methoxy groups -OCH3 is 1. The lowest BCUT2D eigenvalue weighted by molar-refractivity contribution is -0.137. The third-order valence-electron chi connectivity index (χ3n) is 3.78. The second-order valence-electron chi connectivity index (χ2n) is 6.08. The summed E-state index contributed by atoms with van der Waals surface area (Å²) in [5.74, 6) is -4.45. The smallest absolute Gasteiger partial charge is 0.416 e. The molecule has 0 radical (unpaired) electrons. The van der Waals surface area contributed by atoms with Crippen molar-refractivity contribution in [3.8, 4) is 5.75 Å². The first-order valence-corrected chi connectivity index (χ1v) is 9.83. The Morgan fingerprint density at radius 2 is 1.75 bits per heavy atom. The Balaban J connectivity index is 2.02. The molecule has 0 heterocycles. The molecule has 0 atom stereocenters. The first kappa shape index (κ1) is 25.4. The molecule has 174 valence electrons. The fourth-order valence-electron chi connectivity index (χ4n) is 2.34. The molecule has 2 aromatic rings. The van der Waals surface area contributed by atoms with E-state index < -0.39 is 36.0 Å². The number of rotatable bonds is 10. The van der Waals surface area contributed by atoms with Gasteiger partial charge in [0.2, 0.25) is 0 Å². The average Bonchev–Trinajstić information content (AvgIpc) is 2.72. The Morgan fingerprint density at radius 3 is 2.34 bits per heavy atom. The van der Waals surface area contributed by atoms with E-state index in [1.165, 1.54) is 31.4 Å². The fraction of sp³-hybridized carbons (Fsp3) is 0.300. The monoisotopic (exact) mass is 479 g/mol. The molecule has 0 aliphatic heterocycles. The van der Waals surface area contributed by atoms with Crippen LogP contribution in [0, 0.1) is 0 Å². The van der Waals surface area contributed by atoms with Crippen molar-refractivity contribution in [3.05, 3.63) is 53.6 Å². The molecule has 6 nitrogen and oxygen atoms in total. The maximum Gasteiger partial charge on any atom is 0.416 e. The summed E-state index contributed by atoms with van der Waals surface area (Å²) in [7, 11) is 1.42. The van der Waals surface area contributed by atoms with Gasteiger partial charge in [0.25, 0.3) is 11.7 Å². The lowest BCUT2D eigenvalue weighted by Gasteiger charge is -2.15. The molecule has 1 N–H and O–H groups in total. The predicted octanol–water partition coefficient (Wildman–Crippen LogP) is 4.84. The second kappa shape index (κ2) is 11.7. The van der Waals surface area contributed by atoms with Gasteiger partial charge < -0.3 is 19.5 Å². The quantitative estimate of drug-likeness (QED) is 0.228. The summed E-state index contributed by atoms with van der Waals surface area (Å²) in [5, 5.41) is 2.22. The van der Waals surface area contributed by atoms with Crippen molar-refractivity contribution in [3.63, 3.8) is 0 Å². The van der Waals surface area contributed by atoms with Crippen LogP contribution in [-0.2, 0) is 20.4 Å². The van der Waals surface area contributed by atoms with Crippen molar-refractivity contribution in [2.45, 2.75) is 16.8 Å². The van der Waals surface area contributed by atoms with Gasteiger partial charge in [-0.25, -0.2) is 4.79 Å². The van der Waals surface area contributed by atoms with Crippen molar-refractivity contribution in [1.29, 1.82) is 0 Å². The highest BCUT2D eigenvalue weighted by Gasteiger charge is 2.31.